The number of rotatable bonds is 17. The third-order valence-corrected chi connectivity index (χ3v) is 6.04. The minimum absolute atomic E-state index is 0.270. The summed E-state index contributed by atoms with van der Waals surface area (Å²) in [5.41, 5.74) is 0.477. The van der Waals surface area contributed by atoms with Crippen LogP contribution in [0.3, 0.4) is 0 Å². The van der Waals surface area contributed by atoms with Crippen molar-refractivity contribution in [2.75, 3.05) is 6.61 Å². The molecule has 0 bridgehead atoms. The summed E-state index contributed by atoms with van der Waals surface area (Å²) in [5.74, 6) is -0.270. The van der Waals surface area contributed by atoms with E-state index in [1.165, 1.54) is 64.2 Å². The molecule has 25 heavy (non-hydrogen) atoms. The predicted molar refractivity (Wildman–Crippen MR) is 109 cm³/mol. The zero-order valence-corrected chi connectivity index (χ0v) is 18.0. The van der Waals surface area contributed by atoms with Crippen LogP contribution in [0.25, 0.3) is 0 Å². The number of carbonyl (C=O) groups excluding carboxylic acids is 1. The van der Waals surface area contributed by atoms with Gasteiger partial charge in [-0.15, -0.1) is 0 Å². The molecule has 0 fully saturated rings. The SMILES string of the molecule is C=C(C)C(=O)OCCCCCCCCCCCCCCC[Si](C)(C)F. The molecule has 0 N–H and O–H groups in total. The highest BCUT2D eigenvalue weighted by Crippen LogP contribution is 2.17. The largest absolute Gasteiger partial charge is 0.462 e. The number of hydrogen-bond donors (Lipinski definition) is 0. The maximum Gasteiger partial charge on any atom is 0.333 e. The molecule has 0 heterocycles. The molecule has 148 valence electrons. The maximum atomic E-state index is 13.4. The molecular weight excluding hydrogens is 331 g/mol. The molecule has 0 aromatic rings. The number of ether oxygens (including phenoxy) is 1. The van der Waals surface area contributed by atoms with Gasteiger partial charge in [-0.25, -0.2) is 4.79 Å². The molecule has 4 heteroatoms. The van der Waals surface area contributed by atoms with Gasteiger partial charge in [0, 0.05) is 5.57 Å². The number of unbranched alkanes of at least 4 members (excludes halogenated alkanes) is 12. The topological polar surface area (TPSA) is 26.3 Å². The lowest BCUT2D eigenvalue weighted by atomic mass is 10.0. The van der Waals surface area contributed by atoms with Crippen molar-refractivity contribution in [3.05, 3.63) is 12.2 Å². The zero-order chi connectivity index (χ0) is 19.0. The summed E-state index contributed by atoms with van der Waals surface area (Å²) >= 11 is 0. The quantitative estimate of drug-likeness (QED) is 0.0876. The van der Waals surface area contributed by atoms with Crippen LogP contribution in [0.2, 0.25) is 19.1 Å². The van der Waals surface area contributed by atoms with Gasteiger partial charge < -0.3 is 8.84 Å². The van der Waals surface area contributed by atoms with E-state index in [0.29, 0.717) is 12.2 Å². The van der Waals surface area contributed by atoms with Crippen molar-refractivity contribution in [2.45, 2.75) is 110 Å². The van der Waals surface area contributed by atoms with E-state index in [0.717, 1.165) is 25.3 Å². The highest BCUT2D eigenvalue weighted by molar-refractivity contribution is 6.70. The highest BCUT2D eigenvalue weighted by atomic mass is 28.4. The first-order valence-corrected chi connectivity index (χ1v) is 13.4. The van der Waals surface area contributed by atoms with Crippen molar-refractivity contribution in [1.29, 1.82) is 0 Å². The molecule has 0 aromatic heterocycles. The van der Waals surface area contributed by atoms with E-state index < -0.39 is 8.41 Å². The van der Waals surface area contributed by atoms with Crippen LogP contribution in [0.4, 0.5) is 4.11 Å². The predicted octanol–water partition coefficient (Wildman–Crippen LogP) is 7.35. The van der Waals surface area contributed by atoms with Gasteiger partial charge in [0.05, 0.1) is 6.61 Å². The molecule has 0 radical (unpaired) electrons. The van der Waals surface area contributed by atoms with Crippen LogP contribution in [0.1, 0.15) is 90.4 Å². The van der Waals surface area contributed by atoms with Gasteiger partial charge in [0.15, 0.2) is 0 Å². The Morgan fingerprint density at radius 1 is 0.800 bits per heavy atom. The van der Waals surface area contributed by atoms with E-state index in [1.807, 2.05) is 13.1 Å². The van der Waals surface area contributed by atoms with Crippen molar-refractivity contribution in [3.8, 4) is 0 Å². The number of hydrogen-bond acceptors (Lipinski definition) is 2. The van der Waals surface area contributed by atoms with Crippen molar-refractivity contribution in [1.82, 2.24) is 0 Å². The first kappa shape index (κ1) is 24.4. The summed E-state index contributed by atoms with van der Waals surface area (Å²) in [7, 11) is -2.30. The monoisotopic (exact) mass is 372 g/mol. The average molecular weight is 373 g/mol. The fraction of sp³-hybridized carbons (Fsp3) is 0.857. The Labute approximate surface area is 156 Å². The molecule has 0 rings (SSSR count). The van der Waals surface area contributed by atoms with Gasteiger partial charge >= 0.3 is 5.97 Å². The fourth-order valence-corrected chi connectivity index (χ4v) is 3.97. The van der Waals surface area contributed by atoms with Crippen molar-refractivity contribution in [3.63, 3.8) is 0 Å². The molecule has 0 spiro atoms. The second-order valence-corrected chi connectivity index (χ2v) is 11.9. The Kier molecular flexibility index (Phi) is 15.2. The van der Waals surface area contributed by atoms with Crippen LogP contribution in [0.5, 0.6) is 0 Å². The molecule has 0 aromatic carbocycles. The molecule has 0 aliphatic heterocycles. The smallest absolute Gasteiger partial charge is 0.333 e. The highest BCUT2D eigenvalue weighted by Gasteiger charge is 2.18. The van der Waals surface area contributed by atoms with Gasteiger partial charge in [-0.2, -0.15) is 0 Å². The number of carbonyl (C=O) groups is 1. The summed E-state index contributed by atoms with van der Waals surface area (Å²) in [6.45, 7) is 9.39. The van der Waals surface area contributed by atoms with E-state index in [-0.39, 0.29) is 5.97 Å². The summed E-state index contributed by atoms with van der Waals surface area (Å²) in [5, 5.41) is 0. The minimum Gasteiger partial charge on any atom is -0.462 e. The molecule has 2 nitrogen and oxygen atoms in total. The standard InChI is InChI=1S/C21H41FO2Si/c1-20(2)21(23)24-18-16-14-12-10-8-6-5-7-9-11-13-15-17-19-25(3,4)22/h1,5-19H2,2-4H3. The average Bonchev–Trinajstić information content (AvgIpc) is 2.53. The summed E-state index contributed by atoms with van der Waals surface area (Å²) in [6, 6.07) is 0.837. The van der Waals surface area contributed by atoms with Crippen molar-refractivity contribution in [2.24, 2.45) is 0 Å². The zero-order valence-electron chi connectivity index (χ0n) is 17.0. The number of halogens is 1. The summed E-state index contributed by atoms with van der Waals surface area (Å²) in [6.07, 6.45) is 16.2. The lowest BCUT2D eigenvalue weighted by Gasteiger charge is -2.09. The van der Waals surface area contributed by atoms with Gasteiger partial charge in [-0.05, 0) is 32.5 Å². The first-order chi connectivity index (χ1) is 11.8. The van der Waals surface area contributed by atoms with E-state index in [4.69, 9.17) is 4.74 Å². The van der Waals surface area contributed by atoms with E-state index >= 15 is 0 Å². The Balaban J connectivity index is 3.12. The van der Waals surface area contributed by atoms with Gasteiger partial charge in [-0.3, -0.25) is 0 Å². The summed E-state index contributed by atoms with van der Waals surface area (Å²) < 4.78 is 18.5. The number of esters is 1. The van der Waals surface area contributed by atoms with Gasteiger partial charge in [0.1, 0.15) is 0 Å². The van der Waals surface area contributed by atoms with Gasteiger partial charge in [-0.1, -0.05) is 83.6 Å². The fourth-order valence-electron chi connectivity index (χ4n) is 2.88. The minimum atomic E-state index is -2.30. The molecular formula is C21H41FO2Si. The molecule has 0 saturated heterocycles. The van der Waals surface area contributed by atoms with Gasteiger partial charge in [0.2, 0.25) is 8.41 Å². The molecule has 0 saturated carbocycles. The molecule has 0 amide bonds. The Hall–Kier alpha value is -0.643. The van der Waals surface area contributed by atoms with Crippen LogP contribution in [-0.2, 0) is 9.53 Å². The van der Waals surface area contributed by atoms with Crippen LogP contribution >= 0.6 is 0 Å². The molecule has 0 atom stereocenters. The van der Waals surface area contributed by atoms with Crippen LogP contribution in [0.15, 0.2) is 12.2 Å². The first-order valence-electron chi connectivity index (χ1n) is 10.3. The lowest BCUT2D eigenvalue weighted by molar-refractivity contribution is -0.139. The van der Waals surface area contributed by atoms with E-state index in [2.05, 4.69) is 6.58 Å². The maximum absolute atomic E-state index is 13.4. The molecule has 0 aliphatic rings. The summed E-state index contributed by atoms with van der Waals surface area (Å²) in [4.78, 5) is 11.2. The lowest BCUT2D eigenvalue weighted by Crippen LogP contribution is -2.16. The third kappa shape index (κ3) is 19.5. The third-order valence-electron chi connectivity index (χ3n) is 4.50. The van der Waals surface area contributed by atoms with Crippen molar-refractivity contribution >= 4 is 14.4 Å². The Bertz CT molecular complexity index is 350. The van der Waals surface area contributed by atoms with E-state index in [1.54, 1.807) is 6.92 Å². The normalized spacial score (nSPS) is 11.5. The van der Waals surface area contributed by atoms with Crippen molar-refractivity contribution < 1.29 is 13.6 Å². The van der Waals surface area contributed by atoms with Gasteiger partial charge in [0.25, 0.3) is 0 Å². The van der Waals surface area contributed by atoms with Crippen LogP contribution < -0.4 is 0 Å². The molecule has 0 aliphatic carbocycles. The second-order valence-electron chi connectivity index (χ2n) is 7.98. The van der Waals surface area contributed by atoms with Crippen LogP contribution in [0, 0.1) is 0 Å². The van der Waals surface area contributed by atoms with Crippen LogP contribution in [-0.4, -0.2) is 21.0 Å². The Morgan fingerprint density at radius 3 is 1.52 bits per heavy atom. The Morgan fingerprint density at radius 2 is 1.16 bits per heavy atom. The molecule has 0 unspecified atom stereocenters. The second kappa shape index (κ2) is 15.6. The van der Waals surface area contributed by atoms with E-state index in [9.17, 15) is 8.90 Å².